The lowest BCUT2D eigenvalue weighted by molar-refractivity contribution is 0.400. The van der Waals surface area contributed by atoms with Crippen LogP contribution in [0.25, 0.3) is 10.8 Å². The normalized spacial score (nSPS) is 18.4. The molecule has 5 heteroatoms. The number of nitrogens with zero attached hydrogens (tertiary/aromatic N) is 1. The standard InChI is InChI=1S/C14H11BrF2NO/c1-19-14-9-6-12(17)11(16)5-8(9)7-3-2-4-10(15)13(7)18-14/h3,5-6,10H,2,4H2,1H3. The van der Waals surface area contributed by atoms with Crippen molar-refractivity contribution in [1.82, 2.24) is 4.98 Å². The minimum absolute atomic E-state index is 0.110. The maximum Gasteiger partial charge on any atom is 0.221 e. The molecule has 1 heterocycles. The van der Waals surface area contributed by atoms with Gasteiger partial charge in [-0.2, -0.15) is 0 Å². The van der Waals surface area contributed by atoms with E-state index >= 15 is 0 Å². The van der Waals surface area contributed by atoms with Crippen molar-refractivity contribution in [3.63, 3.8) is 0 Å². The molecule has 0 N–H and O–H groups in total. The number of methoxy groups -OCH3 is 1. The van der Waals surface area contributed by atoms with Crippen molar-refractivity contribution in [2.75, 3.05) is 7.11 Å². The van der Waals surface area contributed by atoms with E-state index in [9.17, 15) is 8.78 Å². The molecule has 1 aliphatic carbocycles. The zero-order valence-corrected chi connectivity index (χ0v) is 11.8. The molecule has 1 aliphatic rings. The smallest absolute Gasteiger partial charge is 0.221 e. The topological polar surface area (TPSA) is 22.1 Å². The fourth-order valence-corrected chi connectivity index (χ4v) is 3.05. The van der Waals surface area contributed by atoms with Crippen LogP contribution in [0, 0.1) is 18.1 Å². The first-order valence-electron chi connectivity index (χ1n) is 5.95. The van der Waals surface area contributed by atoms with Gasteiger partial charge in [-0.25, -0.2) is 13.8 Å². The second kappa shape index (κ2) is 4.71. The number of hydrogen-bond donors (Lipinski definition) is 0. The summed E-state index contributed by atoms with van der Waals surface area (Å²) in [6.07, 6.45) is 3.82. The number of rotatable bonds is 1. The van der Waals surface area contributed by atoms with Crippen molar-refractivity contribution in [2.45, 2.75) is 17.7 Å². The number of alkyl halides is 1. The SMILES string of the molecule is COc1nc2c(c3cc(F)c(F)cc13)[CH]CCC2Br. The maximum absolute atomic E-state index is 13.5. The summed E-state index contributed by atoms with van der Waals surface area (Å²) < 4.78 is 32.1. The van der Waals surface area contributed by atoms with Crippen LogP contribution in [0.1, 0.15) is 28.9 Å². The van der Waals surface area contributed by atoms with Crippen LogP contribution in [0.3, 0.4) is 0 Å². The van der Waals surface area contributed by atoms with Gasteiger partial charge in [-0.3, -0.25) is 0 Å². The molecule has 2 nitrogen and oxygen atoms in total. The van der Waals surface area contributed by atoms with Gasteiger partial charge in [0.25, 0.3) is 0 Å². The highest BCUT2D eigenvalue weighted by Gasteiger charge is 2.24. The van der Waals surface area contributed by atoms with E-state index in [-0.39, 0.29) is 4.83 Å². The van der Waals surface area contributed by atoms with Crippen LogP contribution in [-0.2, 0) is 0 Å². The fraction of sp³-hybridized carbons (Fsp3) is 0.286. The van der Waals surface area contributed by atoms with Gasteiger partial charge in [-0.05, 0) is 42.3 Å². The minimum atomic E-state index is -0.890. The molecule has 1 aromatic carbocycles. The van der Waals surface area contributed by atoms with E-state index in [4.69, 9.17) is 4.74 Å². The summed E-state index contributed by atoms with van der Waals surface area (Å²) in [4.78, 5) is 4.53. The summed E-state index contributed by atoms with van der Waals surface area (Å²) in [5.74, 6) is -1.42. The Balaban J connectivity index is 2.40. The van der Waals surface area contributed by atoms with E-state index in [0.717, 1.165) is 30.2 Å². The Kier molecular flexibility index (Phi) is 3.17. The fourth-order valence-electron chi connectivity index (χ4n) is 2.43. The van der Waals surface area contributed by atoms with Crippen molar-refractivity contribution in [2.24, 2.45) is 0 Å². The van der Waals surface area contributed by atoms with Crippen LogP contribution in [-0.4, -0.2) is 12.1 Å². The molecule has 0 bridgehead atoms. The van der Waals surface area contributed by atoms with E-state index in [0.29, 0.717) is 16.7 Å². The molecule has 0 spiro atoms. The monoisotopic (exact) mass is 326 g/mol. The van der Waals surface area contributed by atoms with Crippen LogP contribution < -0.4 is 4.74 Å². The molecule has 0 saturated heterocycles. The highest BCUT2D eigenvalue weighted by molar-refractivity contribution is 9.09. The lowest BCUT2D eigenvalue weighted by atomic mass is 9.91. The number of ether oxygens (including phenoxy) is 1. The largest absolute Gasteiger partial charge is 0.481 e. The molecule has 99 valence electrons. The molecule has 3 rings (SSSR count). The van der Waals surface area contributed by atoms with Crippen molar-refractivity contribution in [1.29, 1.82) is 0 Å². The van der Waals surface area contributed by atoms with E-state index in [2.05, 4.69) is 20.9 Å². The number of pyridine rings is 1. The Morgan fingerprint density at radius 3 is 2.63 bits per heavy atom. The second-order valence-corrected chi connectivity index (χ2v) is 5.59. The van der Waals surface area contributed by atoms with Crippen molar-refractivity contribution in [3.8, 4) is 5.88 Å². The second-order valence-electron chi connectivity index (χ2n) is 4.48. The van der Waals surface area contributed by atoms with Gasteiger partial charge in [0, 0.05) is 5.39 Å². The Morgan fingerprint density at radius 2 is 1.95 bits per heavy atom. The van der Waals surface area contributed by atoms with Gasteiger partial charge in [0.05, 0.1) is 17.6 Å². The Labute approximate surface area is 117 Å². The van der Waals surface area contributed by atoms with Gasteiger partial charge >= 0.3 is 0 Å². The molecule has 0 saturated carbocycles. The van der Waals surface area contributed by atoms with Crippen LogP contribution >= 0.6 is 15.9 Å². The van der Waals surface area contributed by atoms with Crippen LogP contribution in [0.2, 0.25) is 0 Å². The van der Waals surface area contributed by atoms with Crippen molar-refractivity contribution < 1.29 is 13.5 Å². The first-order chi connectivity index (χ1) is 9.11. The summed E-state index contributed by atoms with van der Waals surface area (Å²) in [5.41, 5.74) is 1.68. The van der Waals surface area contributed by atoms with Crippen LogP contribution in [0.5, 0.6) is 5.88 Å². The number of hydrogen-bond acceptors (Lipinski definition) is 2. The molecule has 0 aliphatic heterocycles. The van der Waals surface area contributed by atoms with Gasteiger partial charge in [-0.15, -0.1) is 0 Å². The summed E-state index contributed by atoms with van der Waals surface area (Å²) >= 11 is 3.56. The average molecular weight is 327 g/mol. The highest BCUT2D eigenvalue weighted by Crippen LogP contribution is 2.41. The third kappa shape index (κ3) is 2.00. The zero-order valence-electron chi connectivity index (χ0n) is 10.2. The van der Waals surface area contributed by atoms with E-state index < -0.39 is 11.6 Å². The third-order valence-electron chi connectivity index (χ3n) is 3.34. The van der Waals surface area contributed by atoms with Gasteiger partial charge in [0.2, 0.25) is 5.88 Å². The molecule has 19 heavy (non-hydrogen) atoms. The molecule has 1 aromatic heterocycles. The van der Waals surface area contributed by atoms with E-state index in [1.807, 2.05) is 6.42 Å². The first-order valence-corrected chi connectivity index (χ1v) is 6.87. The zero-order chi connectivity index (χ0) is 13.6. The number of fused-ring (bicyclic) bond motifs is 3. The predicted octanol–water partition coefficient (Wildman–Crippen LogP) is 4.30. The molecule has 1 radical (unpaired) electrons. The lowest BCUT2D eigenvalue weighted by Gasteiger charge is -2.22. The molecule has 1 atom stereocenters. The quantitative estimate of drug-likeness (QED) is 0.729. The minimum Gasteiger partial charge on any atom is -0.481 e. The number of halogens is 3. The van der Waals surface area contributed by atoms with Gasteiger partial charge in [0.1, 0.15) is 0 Å². The number of aromatic nitrogens is 1. The molecule has 0 fully saturated rings. The highest BCUT2D eigenvalue weighted by atomic mass is 79.9. The average Bonchev–Trinajstić information content (AvgIpc) is 2.40. The number of benzene rings is 1. The molecule has 0 amide bonds. The predicted molar refractivity (Wildman–Crippen MR) is 72.5 cm³/mol. The van der Waals surface area contributed by atoms with E-state index in [1.165, 1.54) is 13.2 Å². The maximum atomic E-state index is 13.5. The Bertz CT molecular complexity index is 660. The van der Waals surface area contributed by atoms with Crippen molar-refractivity contribution >= 4 is 26.7 Å². The molecule has 1 unspecified atom stereocenters. The summed E-state index contributed by atoms with van der Waals surface area (Å²) in [6.45, 7) is 0. The Morgan fingerprint density at radius 1 is 1.26 bits per heavy atom. The Hall–Kier alpha value is -1.23. The van der Waals surface area contributed by atoms with Gasteiger partial charge in [-0.1, -0.05) is 15.9 Å². The summed E-state index contributed by atoms with van der Waals surface area (Å²) in [5, 5.41) is 1.14. The van der Waals surface area contributed by atoms with Crippen LogP contribution in [0.15, 0.2) is 12.1 Å². The molecular weight excluding hydrogens is 316 g/mol. The van der Waals surface area contributed by atoms with E-state index in [1.54, 1.807) is 0 Å². The van der Waals surface area contributed by atoms with Gasteiger partial charge in [0.15, 0.2) is 11.6 Å². The molecular formula is C14H11BrF2NO. The third-order valence-corrected chi connectivity index (χ3v) is 4.23. The lowest BCUT2D eigenvalue weighted by Crippen LogP contribution is -2.09. The van der Waals surface area contributed by atoms with Gasteiger partial charge < -0.3 is 4.74 Å². The summed E-state index contributed by atoms with van der Waals surface area (Å²) in [6, 6.07) is 2.36. The summed E-state index contributed by atoms with van der Waals surface area (Å²) in [7, 11) is 1.48. The molecule has 2 aromatic rings. The van der Waals surface area contributed by atoms with Crippen molar-refractivity contribution in [3.05, 3.63) is 41.4 Å². The first kappa shape index (κ1) is 12.8. The van der Waals surface area contributed by atoms with Crippen LogP contribution in [0.4, 0.5) is 8.78 Å².